The van der Waals surface area contributed by atoms with Gasteiger partial charge in [0.1, 0.15) is 0 Å². The third-order valence-corrected chi connectivity index (χ3v) is 13.8. The predicted octanol–water partition coefficient (Wildman–Crippen LogP) is 18.4. The molecule has 0 aliphatic heterocycles. The highest BCUT2D eigenvalue weighted by Gasteiger charge is 2.17. The Labute approximate surface area is 395 Å². The van der Waals surface area contributed by atoms with Gasteiger partial charge in [-0.1, -0.05) is 182 Å². The summed E-state index contributed by atoms with van der Waals surface area (Å²) in [5, 5.41) is 9.98. The smallest absolute Gasteiger partial charge is 0.0541 e. The Kier molecular flexibility index (Phi) is 9.54. The fraction of sp³-hybridized carbons (Fsp3) is 0. The van der Waals surface area contributed by atoms with Gasteiger partial charge in [-0.3, -0.25) is 0 Å². The zero-order valence-corrected chi connectivity index (χ0v) is 37.3. The number of benzene rings is 12. The van der Waals surface area contributed by atoms with Crippen molar-refractivity contribution >= 4 is 71.2 Å². The lowest BCUT2D eigenvalue weighted by Gasteiger charge is -2.26. The minimum atomic E-state index is 1.09. The minimum absolute atomic E-state index is 1.09. The Hall–Kier alpha value is -8.98. The molecule has 1 aromatic heterocycles. The fourth-order valence-electron chi connectivity index (χ4n) is 10.2. The summed E-state index contributed by atoms with van der Waals surface area (Å²) in [6.45, 7) is 0. The molecule has 0 saturated heterocycles. The lowest BCUT2D eigenvalue weighted by atomic mass is 9.99. The van der Waals surface area contributed by atoms with E-state index in [4.69, 9.17) is 0 Å². The molecule has 0 aliphatic rings. The van der Waals surface area contributed by atoms with Gasteiger partial charge >= 0.3 is 0 Å². The molecule has 13 aromatic rings. The molecule has 0 unspecified atom stereocenters. The van der Waals surface area contributed by atoms with Crippen LogP contribution in [-0.2, 0) is 0 Å². The van der Waals surface area contributed by atoms with Gasteiger partial charge in [0.2, 0.25) is 0 Å². The van der Waals surface area contributed by atoms with E-state index in [0.717, 1.165) is 22.7 Å². The quantitative estimate of drug-likeness (QED) is 0.148. The average Bonchev–Trinajstić information content (AvgIpc) is 3.75. The zero-order valence-electron chi connectivity index (χ0n) is 37.3. The highest BCUT2D eigenvalue weighted by atomic mass is 15.1. The molecule has 0 fully saturated rings. The normalized spacial score (nSPS) is 11.5. The summed E-state index contributed by atoms with van der Waals surface area (Å²) in [5.41, 5.74) is 16.4. The van der Waals surface area contributed by atoms with Crippen molar-refractivity contribution in [2.75, 3.05) is 4.90 Å². The van der Waals surface area contributed by atoms with Crippen LogP contribution in [0, 0.1) is 0 Å². The van der Waals surface area contributed by atoms with Gasteiger partial charge < -0.3 is 9.47 Å². The van der Waals surface area contributed by atoms with E-state index in [1.54, 1.807) is 0 Å². The van der Waals surface area contributed by atoms with E-state index >= 15 is 0 Å². The second kappa shape index (κ2) is 16.5. The van der Waals surface area contributed by atoms with E-state index in [1.807, 2.05) is 0 Å². The Morgan fingerprint density at radius 1 is 0.221 bits per heavy atom. The Balaban J connectivity index is 0.844. The van der Waals surface area contributed by atoms with E-state index in [9.17, 15) is 0 Å². The number of rotatable bonds is 8. The van der Waals surface area contributed by atoms with Crippen LogP contribution in [0.2, 0.25) is 0 Å². The van der Waals surface area contributed by atoms with Gasteiger partial charge in [-0.2, -0.15) is 0 Å². The van der Waals surface area contributed by atoms with Crippen LogP contribution in [0.4, 0.5) is 17.1 Å². The molecule has 0 radical (unpaired) electrons. The summed E-state index contributed by atoms with van der Waals surface area (Å²) in [6, 6.07) is 97.5. The molecular weight excluding hydrogens is 821 g/mol. The highest BCUT2D eigenvalue weighted by Crippen LogP contribution is 2.40. The number of fused-ring (bicyclic) bond motifs is 6. The molecule has 0 amide bonds. The number of aromatic nitrogens is 1. The van der Waals surface area contributed by atoms with Crippen LogP contribution >= 0.6 is 0 Å². The predicted molar refractivity (Wildman–Crippen MR) is 290 cm³/mol. The first kappa shape index (κ1) is 39.4. The second-order valence-corrected chi connectivity index (χ2v) is 17.8. The molecule has 0 spiro atoms. The van der Waals surface area contributed by atoms with Crippen LogP contribution in [-0.4, -0.2) is 4.57 Å². The van der Waals surface area contributed by atoms with Crippen LogP contribution in [0.15, 0.2) is 267 Å². The number of para-hydroxylation sites is 1. The molecule has 0 atom stereocenters. The SMILES string of the molecule is c1ccc2cc(-c3ccc(N(c4ccc(-c5ccc6ccccc6c5)cc4)c4ccc(-c5ccc6c(c5)c5ccccc5n6-c5ccc(-c6ccc7ccccc7c6)cc5)cc4)cc3)ccc2c1. The van der Waals surface area contributed by atoms with Crippen LogP contribution in [0.1, 0.15) is 0 Å². The Morgan fingerprint density at radius 2 is 0.544 bits per heavy atom. The lowest BCUT2D eigenvalue weighted by Crippen LogP contribution is -2.09. The highest BCUT2D eigenvalue weighted by molar-refractivity contribution is 6.10. The molecule has 12 aromatic carbocycles. The monoisotopic (exact) mass is 864 g/mol. The van der Waals surface area contributed by atoms with Gasteiger partial charge in [0, 0.05) is 33.5 Å². The maximum absolute atomic E-state index is 2.40. The van der Waals surface area contributed by atoms with E-state index in [2.05, 4.69) is 276 Å². The molecular formula is C66H44N2. The molecule has 0 bridgehead atoms. The topological polar surface area (TPSA) is 8.17 Å². The summed E-state index contributed by atoms with van der Waals surface area (Å²) < 4.78 is 2.40. The molecule has 318 valence electrons. The van der Waals surface area contributed by atoms with Crippen molar-refractivity contribution in [2.45, 2.75) is 0 Å². The first-order chi connectivity index (χ1) is 33.7. The molecule has 0 saturated carbocycles. The number of anilines is 3. The van der Waals surface area contributed by atoms with E-state index in [1.165, 1.54) is 98.6 Å². The number of hydrogen-bond acceptors (Lipinski definition) is 1. The second-order valence-electron chi connectivity index (χ2n) is 17.8. The maximum Gasteiger partial charge on any atom is 0.0541 e. The average molecular weight is 865 g/mol. The maximum atomic E-state index is 2.40. The van der Waals surface area contributed by atoms with E-state index in [0.29, 0.717) is 0 Å². The summed E-state index contributed by atoms with van der Waals surface area (Å²) in [4.78, 5) is 2.36. The molecule has 1 heterocycles. The Bertz CT molecular complexity index is 3870. The third-order valence-electron chi connectivity index (χ3n) is 13.8. The van der Waals surface area contributed by atoms with E-state index in [-0.39, 0.29) is 0 Å². The zero-order chi connectivity index (χ0) is 45.0. The summed E-state index contributed by atoms with van der Waals surface area (Å²) in [5.74, 6) is 0. The van der Waals surface area contributed by atoms with Crippen molar-refractivity contribution in [2.24, 2.45) is 0 Å². The minimum Gasteiger partial charge on any atom is -0.311 e. The van der Waals surface area contributed by atoms with Crippen molar-refractivity contribution in [3.05, 3.63) is 267 Å². The first-order valence-corrected chi connectivity index (χ1v) is 23.4. The van der Waals surface area contributed by atoms with Crippen molar-refractivity contribution < 1.29 is 0 Å². The molecule has 2 nitrogen and oxygen atoms in total. The van der Waals surface area contributed by atoms with Gasteiger partial charge in [0.05, 0.1) is 11.0 Å². The van der Waals surface area contributed by atoms with Crippen molar-refractivity contribution in [3.63, 3.8) is 0 Å². The number of hydrogen-bond donors (Lipinski definition) is 0. The van der Waals surface area contributed by atoms with Crippen molar-refractivity contribution in [1.82, 2.24) is 4.57 Å². The van der Waals surface area contributed by atoms with Gasteiger partial charge in [-0.05, 0) is 162 Å². The van der Waals surface area contributed by atoms with Crippen LogP contribution in [0.5, 0.6) is 0 Å². The standard InChI is InChI=1S/C66H44N2/c1-4-12-52-41-55(20-17-45(52)9-1)48-23-32-59(33-24-48)67(60-34-25-49(26-35-60)56-21-18-46-10-2-5-13-53(46)42-56)61-36-27-51(28-37-61)58-31-40-66-64(44-58)63-15-7-8-16-65(63)68(66)62-38-29-50(30-39-62)57-22-19-47-11-3-6-14-54(47)43-57/h1-44H. The van der Waals surface area contributed by atoms with Crippen molar-refractivity contribution in [1.29, 1.82) is 0 Å². The van der Waals surface area contributed by atoms with Crippen LogP contribution in [0.3, 0.4) is 0 Å². The fourth-order valence-corrected chi connectivity index (χ4v) is 10.2. The largest absolute Gasteiger partial charge is 0.311 e. The number of nitrogens with zero attached hydrogens (tertiary/aromatic N) is 2. The van der Waals surface area contributed by atoms with Crippen molar-refractivity contribution in [3.8, 4) is 50.2 Å². The van der Waals surface area contributed by atoms with Gasteiger partial charge in [0.15, 0.2) is 0 Å². The third kappa shape index (κ3) is 7.08. The molecule has 0 aliphatic carbocycles. The Morgan fingerprint density at radius 3 is 0.985 bits per heavy atom. The lowest BCUT2D eigenvalue weighted by molar-refractivity contribution is 1.18. The van der Waals surface area contributed by atoms with Gasteiger partial charge in [0.25, 0.3) is 0 Å². The van der Waals surface area contributed by atoms with Gasteiger partial charge in [-0.25, -0.2) is 0 Å². The van der Waals surface area contributed by atoms with Gasteiger partial charge in [-0.15, -0.1) is 0 Å². The van der Waals surface area contributed by atoms with Crippen LogP contribution < -0.4 is 4.90 Å². The molecule has 68 heavy (non-hydrogen) atoms. The van der Waals surface area contributed by atoms with Crippen LogP contribution in [0.25, 0.3) is 104 Å². The van der Waals surface area contributed by atoms with E-state index < -0.39 is 0 Å². The summed E-state index contributed by atoms with van der Waals surface area (Å²) in [6.07, 6.45) is 0. The molecule has 2 heteroatoms. The molecule has 13 rings (SSSR count). The first-order valence-electron chi connectivity index (χ1n) is 23.4. The molecule has 0 N–H and O–H groups in total. The summed E-state index contributed by atoms with van der Waals surface area (Å²) >= 11 is 0. The summed E-state index contributed by atoms with van der Waals surface area (Å²) in [7, 11) is 0.